The van der Waals surface area contributed by atoms with Crippen molar-refractivity contribution in [3.8, 4) is 0 Å². The molecule has 1 aromatic rings. The zero-order chi connectivity index (χ0) is 9.97. The van der Waals surface area contributed by atoms with Gasteiger partial charge in [-0.1, -0.05) is 18.1 Å². The number of hydrogen-bond donors (Lipinski definition) is 1. The summed E-state index contributed by atoms with van der Waals surface area (Å²) in [7, 11) is 1.91. The molecule has 0 aromatic carbocycles. The van der Waals surface area contributed by atoms with Crippen LogP contribution in [-0.4, -0.2) is 21.0 Å². The number of anilines is 1. The molecule has 1 unspecified atom stereocenters. The van der Waals surface area contributed by atoms with Crippen LogP contribution < -0.4 is 5.32 Å². The Hall–Kier alpha value is -1.06. The van der Waals surface area contributed by atoms with Crippen molar-refractivity contribution < 1.29 is 0 Å². The summed E-state index contributed by atoms with van der Waals surface area (Å²) in [6, 6.07) is 0.537. The number of aryl methyl sites for hydroxylation is 1. The van der Waals surface area contributed by atoms with E-state index in [0.29, 0.717) is 6.04 Å². The molecule has 0 bridgehead atoms. The molecule has 1 aliphatic carbocycles. The maximum atomic E-state index is 3.90. The Bertz CT molecular complexity index is 288. The molecular formula is C10H18N4. The van der Waals surface area contributed by atoms with Crippen molar-refractivity contribution in [1.29, 1.82) is 0 Å². The molecular weight excluding hydrogens is 176 g/mol. The standard InChI is InChI=1S/C10H18N4/c1-8(9-5-3-4-6-9)12-10-7-11-13-14(10)2/h7-9,12H,3-6H2,1-2H3. The van der Waals surface area contributed by atoms with Crippen LogP contribution >= 0.6 is 0 Å². The van der Waals surface area contributed by atoms with Gasteiger partial charge >= 0.3 is 0 Å². The molecule has 1 heterocycles. The quantitative estimate of drug-likeness (QED) is 0.798. The number of rotatable bonds is 3. The van der Waals surface area contributed by atoms with Gasteiger partial charge in [-0.15, -0.1) is 5.10 Å². The molecule has 14 heavy (non-hydrogen) atoms. The van der Waals surface area contributed by atoms with Crippen molar-refractivity contribution in [2.24, 2.45) is 13.0 Å². The van der Waals surface area contributed by atoms with E-state index in [-0.39, 0.29) is 0 Å². The second kappa shape index (κ2) is 3.98. The lowest BCUT2D eigenvalue weighted by atomic mass is 10.00. The fourth-order valence-electron chi connectivity index (χ4n) is 2.23. The van der Waals surface area contributed by atoms with Crippen LogP contribution in [0.3, 0.4) is 0 Å². The van der Waals surface area contributed by atoms with Crippen molar-refractivity contribution >= 4 is 5.82 Å². The summed E-state index contributed by atoms with van der Waals surface area (Å²) in [5, 5.41) is 11.2. The Morgan fingerprint density at radius 2 is 2.21 bits per heavy atom. The average molecular weight is 194 g/mol. The molecule has 1 aliphatic rings. The Morgan fingerprint density at radius 3 is 2.79 bits per heavy atom. The largest absolute Gasteiger partial charge is 0.366 e. The van der Waals surface area contributed by atoms with Crippen LogP contribution in [0.4, 0.5) is 5.82 Å². The molecule has 0 aliphatic heterocycles. The molecule has 1 fully saturated rings. The maximum Gasteiger partial charge on any atom is 0.144 e. The van der Waals surface area contributed by atoms with Crippen LogP contribution in [0.1, 0.15) is 32.6 Å². The molecule has 1 atom stereocenters. The topological polar surface area (TPSA) is 42.7 Å². The first kappa shape index (κ1) is 9.49. The highest BCUT2D eigenvalue weighted by molar-refractivity contribution is 5.32. The van der Waals surface area contributed by atoms with E-state index in [1.807, 2.05) is 7.05 Å². The third kappa shape index (κ3) is 1.89. The highest BCUT2D eigenvalue weighted by Gasteiger charge is 2.21. The Balaban J connectivity index is 1.93. The first-order chi connectivity index (χ1) is 6.77. The summed E-state index contributed by atoms with van der Waals surface area (Å²) in [6.07, 6.45) is 7.28. The molecule has 1 saturated carbocycles. The van der Waals surface area contributed by atoms with E-state index in [9.17, 15) is 0 Å². The molecule has 1 aromatic heterocycles. The van der Waals surface area contributed by atoms with Crippen molar-refractivity contribution in [1.82, 2.24) is 15.0 Å². The van der Waals surface area contributed by atoms with Crippen LogP contribution in [0.2, 0.25) is 0 Å². The molecule has 2 rings (SSSR count). The van der Waals surface area contributed by atoms with E-state index < -0.39 is 0 Å². The van der Waals surface area contributed by atoms with Crippen LogP contribution in [0.5, 0.6) is 0 Å². The molecule has 0 spiro atoms. The van der Waals surface area contributed by atoms with Gasteiger partial charge in [0.1, 0.15) is 5.82 Å². The van der Waals surface area contributed by atoms with Gasteiger partial charge in [0.25, 0.3) is 0 Å². The van der Waals surface area contributed by atoms with Gasteiger partial charge in [0.15, 0.2) is 0 Å². The minimum atomic E-state index is 0.537. The minimum absolute atomic E-state index is 0.537. The molecule has 4 heteroatoms. The fraction of sp³-hybridized carbons (Fsp3) is 0.800. The minimum Gasteiger partial charge on any atom is -0.366 e. The second-order valence-electron chi connectivity index (χ2n) is 4.22. The smallest absolute Gasteiger partial charge is 0.144 e. The molecule has 0 saturated heterocycles. The zero-order valence-corrected chi connectivity index (χ0v) is 8.90. The number of hydrogen-bond acceptors (Lipinski definition) is 3. The highest BCUT2D eigenvalue weighted by Crippen LogP contribution is 2.28. The number of aromatic nitrogens is 3. The van der Waals surface area contributed by atoms with Gasteiger partial charge in [0, 0.05) is 13.1 Å². The predicted octanol–water partition coefficient (Wildman–Crippen LogP) is 1.81. The Morgan fingerprint density at radius 1 is 1.50 bits per heavy atom. The predicted molar refractivity (Wildman–Crippen MR) is 56.0 cm³/mol. The number of nitrogens with zero attached hydrogens (tertiary/aromatic N) is 3. The third-order valence-electron chi connectivity index (χ3n) is 3.20. The molecule has 1 N–H and O–H groups in total. The normalized spacial score (nSPS) is 19.9. The van der Waals surface area contributed by atoms with Gasteiger partial charge < -0.3 is 5.32 Å². The van der Waals surface area contributed by atoms with E-state index in [1.165, 1.54) is 25.7 Å². The summed E-state index contributed by atoms with van der Waals surface area (Å²) in [6.45, 7) is 2.25. The monoisotopic (exact) mass is 194 g/mol. The SMILES string of the molecule is CC(Nc1cnnn1C)C1CCCC1. The van der Waals surface area contributed by atoms with E-state index >= 15 is 0 Å². The summed E-state index contributed by atoms with van der Waals surface area (Å²) in [5.74, 6) is 1.84. The molecule has 0 radical (unpaired) electrons. The maximum absolute atomic E-state index is 3.90. The number of nitrogens with one attached hydrogen (secondary N) is 1. The van der Waals surface area contributed by atoms with E-state index in [0.717, 1.165) is 11.7 Å². The molecule has 0 amide bonds. The summed E-state index contributed by atoms with van der Waals surface area (Å²) >= 11 is 0. The van der Waals surface area contributed by atoms with E-state index in [2.05, 4.69) is 22.6 Å². The lowest BCUT2D eigenvalue weighted by Gasteiger charge is -2.20. The second-order valence-corrected chi connectivity index (χ2v) is 4.22. The summed E-state index contributed by atoms with van der Waals surface area (Å²) < 4.78 is 1.78. The Kier molecular flexibility index (Phi) is 2.70. The fourth-order valence-corrected chi connectivity index (χ4v) is 2.23. The first-order valence-electron chi connectivity index (χ1n) is 5.38. The molecule has 4 nitrogen and oxygen atoms in total. The third-order valence-corrected chi connectivity index (χ3v) is 3.20. The van der Waals surface area contributed by atoms with E-state index in [4.69, 9.17) is 0 Å². The van der Waals surface area contributed by atoms with Crippen molar-refractivity contribution in [2.75, 3.05) is 5.32 Å². The zero-order valence-electron chi connectivity index (χ0n) is 8.90. The summed E-state index contributed by atoms with van der Waals surface area (Å²) in [4.78, 5) is 0. The highest BCUT2D eigenvalue weighted by atomic mass is 15.4. The van der Waals surface area contributed by atoms with Gasteiger partial charge in [-0.2, -0.15) is 0 Å². The van der Waals surface area contributed by atoms with Crippen LogP contribution in [0, 0.1) is 5.92 Å². The lowest BCUT2D eigenvalue weighted by Crippen LogP contribution is -2.24. The Labute approximate surface area is 84.7 Å². The molecule has 78 valence electrons. The van der Waals surface area contributed by atoms with Crippen molar-refractivity contribution in [3.05, 3.63) is 6.20 Å². The van der Waals surface area contributed by atoms with Gasteiger partial charge in [-0.05, 0) is 25.7 Å². The van der Waals surface area contributed by atoms with E-state index in [1.54, 1.807) is 10.9 Å². The van der Waals surface area contributed by atoms with Gasteiger partial charge in [-0.3, -0.25) is 0 Å². The van der Waals surface area contributed by atoms with Gasteiger partial charge in [0.2, 0.25) is 0 Å². The van der Waals surface area contributed by atoms with Crippen molar-refractivity contribution in [3.63, 3.8) is 0 Å². The van der Waals surface area contributed by atoms with Crippen LogP contribution in [0.15, 0.2) is 6.20 Å². The summed E-state index contributed by atoms with van der Waals surface area (Å²) in [5.41, 5.74) is 0. The lowest BCUT2D eigenvalue weighted by molar-refractivity contribution is 0.479. The van der Waals surface area contributed by atoms with Crippen LogP contribution in [0.25, 0.3) is 0 Å². The average Bonchev–Trinajstić information content (AvgIpc) is 2.77. The van der Waals surface area contributed by atoms with Crippen LogP contribution in [-0.2, 0) is 7.05 Å². The first-order valence-corrected chi connectivity index (χ1v) is 5.38. The van der Waals surface area contributed by atoms with Gasteiger partial charge in [0.05, 0.1) is 6.20 Å². The van der Waals surface area contributed by atoms with Crippen molar-refractivity contribution in [2.45, 2.75) is 38.6 Å². The van der Waals surface area contributed by atoms with Gasteiger partial charge in [-0.25, -0.2) is 4.68 Å².